The van der Waals surface area contributed by atoms with Crippen LogP contribution in [-0.4, -0.2) is 39.0 Å². The molecule has 0 spiro atoms. The van der Waals surface area contributed by atoms with Gasteiger partial charge in [-0.3, -0.25) is 4.21 Å². The molecule has 1 rings (SSSR count). The minimum absolute atomic E-state index is 0.303. The Morgan fingerprint density at radius 1 is 1.46 bits per heavy atom. The Hall–Kier alpha value is 0.0700. The van der Waals surface area contributed by atoms with E-state index in [-0.39, 0.29) is 0 Å². The Labute approximate surface area is 82.8 Å². The monoisotopic (exact) mass is 204 g/mol. The molecule has 0 aromatic carbocycles. The SMILES string of the molecule is CN(CCCS(=O)[O-])C1CCCC1. The van der Waals surface area contributed by atoms with Crippen molar-refractivity contribution < 1.29 is 8.76 Å². The Bertz CT molecular complexity index is 169. The van der Waals surface area contributed by atoms with E-state index in [1.807, 2.05) is 0 Å². The molecule has 0 heterocycles. The summed E-state index contributed by atoms with van der Waals surface area (Å²) in [6.07, 6.45) is 6.02. The van der Waals surface area contributed by atoms with Gasteiger partial charge in [0.1, 0.15) is 0 Å². The van der Waals surface area contributed by atoms with Crippen molar-refractivity contribution >= 4 is 11.1 Å². The average Bonchev–Trinajstić information content (AvgIpc) is 2.55. The first-order valence-electron chi connectivity index (χ1n) is 4.96. The van der Waals surface area contributed by atoms with Crippen molar-refractivity contribution in [3.8, 4) is 0 Å². The molecule has 0 aromatic heterocycles. The van der Waals surface area contributed by atoms with E-state index in [0.717, 1.165) is 13.0 Å². The third kappa shape index (κ3) is 4.20. The fourth-order valence-electron chi connectivity index (χ4n) is 1.96. The lowest BCUT2D eigenvalue weighted by molar-refractivity contribution is 0.246. The Kier molecular flexibility index (Phi) is 4.91. The molecule has 1 atom stereocenters. The third-order valence-electron chi connectivity index (χ3n) is 2.77. The van der Waals surface area contributed by atoms with Crippen molar-refractivity contribution in [3.05, 3.63) is 0 Å². The van der Waals surface area contributed by atoms with Crippen molar-refractivity contribution in [2.45, 2.75) is 38.1 Å². The van der Waals surface area contributed by atoms with Crippen LogP contribution < -0.4 is 0 Å². The Morgan fingerprint density at radius 3 is 2.62 bits per heavy atom. The van der Waals surface area contributed by atoms with E-state index in [2.05, 4.69) is 11.9 Å². The fourth-order valence-corrected chi connectivity index (χ4v) is 2.32. The van der Waals surface area contributed by atoms with E-state index in [1.54, 1.807) is 0 Å². The van der Waals surface area contributed by atoms with E-state index in [4.69, 9.17) is 0 Å². The smallest absolute Gasteiger partial charge is 0.0114 e. The van der Waals surface area contributed by atoms with Gasteiger partial charge in [0, 0.05) is 11.8 Å². The maximum absolute atomic E-state index is 10.3. The van der Waals surface area contributed by atoms with E-state index in [1.165, 1.54) is 25.7 Å². The predicted molar refractivity (Wildman–Crippen MR) is 53.3 cm³/mol. The lowest BCUT2D eigenvalue weighted by Gasteiger charge is -2.23. The van der Waals surface area contributed by atoms with Crippen LogP contribution in [0.15, 0.2) is 0 Å². The molecule has 1 aliphatic carbocycles. The summed E-state index contributed by atoms with van der Waals surface area (Å²) < 4.78 is 20.6. The van der Waals surface area contributed by atoms with Gasteiger partial charge in [0.15, 0.2) is 0 Å². The van der Waals surface area contributed by atoms with Gasteiger partial charge in [-0.15, -0.1) is 0 Å². The van der Waals surface area contributed by atoms with Gasteiger partial charge in [-0.1, -0.05) is 23.9 Å². The number of rotatable bonds is 5. The lowest BCUT2D eigenvalue weighted by atomic mass is 10.2. The van der Waals surface area contributed by atoms with Crippen molar-refractivity contribution in [1.29, 1.82) is 0 Å². The number of hydrogen-bond donors (Lipinski definition) is 0. The van der Waals surface area contributed by atoms with Gasteiger partial charge < -0.3 is 9.45 Å². The Morgan fingerprint density at radius 2 is 2.08 bits per heavy atom. The maximum Gasteiger partial charge on any atom is 0.0114 e. The van der Waals surface area contributed by atoms with E-state index in [9.17, 15) is 8.76 Å². The molecule has 1 unspecified atom stereocenters. The molecule has 13 heavy (non-hydrogen) atoms. The summed E-state index contributed by atoms with van der Waals surface area (Å²) in [5.41, 5.74) is 0. The van der Waals surface area contributed by atoms with Crippen LogP contribution in [0.2, 0.25) is 0 Å². The summed E-state index contributed by atoms with van der Waals surface area (Å²) in [7, 11) is 2.10. The maximum atomic E-state index is 10.3. The topological polar surface area (TPSA) is 43.4 Å². The van der Waals surface area contributed by atoms with Gasteiger partial charge in [-0.2, -0.15) is 0 Å². The minimum Gasteiger partial charge on any atom is -0.772 e. The molecule has 1 aliphatic rings. The normalized spacial score (nSPS) is 21.2. The average molecular weight is 204 g/mol. The van der Waals surface area contributed by atoms with Crippen LogP contribution in [0.5, 0.6) is 0 Å². The Balaban J connectivity index is 2.09. The van der Waals surface area contributed by atoms with Gasteiger partial charge in [-0.05, 0) is 32.9 Å². The van der Waals surface area contributed by atoms with Gasteiger partial charge in [0.05, 0.1) is 0 Å². The molecular formula is C9H18NO2S-. The molecule has 0 radical (unpaired) electrons. The van der Waals surface area contributed by atoms with Gasteiger partial charge in [0.25, 0.3) is 0 Å². The lowest BCUT2D eigenvalue weighted by Crippen LogP contribution is -2.30. The van der Waals surface area contributed by atoms with Crippen molar-refractivity contribution in [2.75, 3.05) is 19.3 Å². The first kappa shape index (κ1) is 11.1. The second-order valence-corrected chi connectivity index (χ2v) is 4.80. The van der Waals surface area contributed by atoms with Gasteiger partial charge in [-0.25, -0.2) is 0 Å². The van der Waals surface area contributed by atoms with Crippen molar-refractivity contribution in [1.82, 2.24) is 4.90 Å². The van der Waals surface area contributed by atoms with Crippen LogP contribution in [0.3, 0.4) is 0 Å². The number of nitrogens with zero attached hydrogens (tertiary/aromatic N) is 1. The molecule has 4 heteroatoms. The molecule has 0 bridgehead atoms. The zero-order valence-corrected chi connectivity index (χ0v) is 9.02. The highest BCUT2D eigenvalue weighted by molar-refractivity contribution is 7.79. The highest BCUT2D eigenvalue weighted by Crippen LogP contribution is 2.22. The van der Waals surface area contributed by atoms with Crippen LogP contribution in [0.25, 0.3) is 0 Å². The molecule has 0 N–H and O–H groups in total. The van der Waals surface area contributed by atoms with Gasteiger partial charge in [0.2, 0.25) is 0 Å². The summed E-state index contributed by atoms with van der Waals surface area (Å²) in [6, 6.07) is 0.708. The number of hydrogen-bond acceptors (Lipinski definition) is 3. The highest BCUT2D eigenvalue weighted by Gasteiger charge is 2.18. The predicted octanol–water partition coefficient (Wildman–Crippen LogP) is 1.13. The summed E-state index contributed by atoms with van der Waals surface area (Å²) in [4.78, 5) is 2.31. The zero-order valence-electron chi connectivity index (χ0n) is 8.20. The second-order valence-electron chi connectivity index (χ2n) is 3.78. The molecule has 0 aromatic rings. The summed E-state index contributed by atoms with van der Waals surface area (Å²) >= 11 is -1.86. The van der Waals surface area contributed by atoms with E-state index < -0.39 is 11.1 Å². The fraction of sp³-hybridized carbons (Fsp3) is 1.00. The summed E-state index contributed by atoms with van der Waals surface area (Å²) in [6.45, 7) is 0.915. The third-order valence-corrected chi connectivity index (χ3v) is 3.39. The molecule has 0 saturated heterocycles. The molecule has 78 valence electrons. The standard InChI is InChI=1S/C9H19NO2S/c1-10(7-4-8-13(11)12)9-5-2-3-6-9/h9H,2-8H2,1H3,(H,11,12)/p-1. The minimum atomic E-state index is -1.86. The van der Waals surface area contributed by atoms with Crippen LogP contribution in [0.4, 0.5) is 0 Å². The van der Waals surface area contributed by atoms with Crippen molar-refractivity contribution in [3.63, 3.8) is 0 Å². The zero-order chi connectivity index (χ0) is 9.68. The molecule has 3 nitrogen and oxygen atoms in total. The summed E-state index contributed by atoms with van der Waals surface area (Å²) in [5, 5.41) is 0. The first-order valence-corrected chi connectivity index (χ1v) is 6.20. The van der Waals surface area contributed by atoms with E-state index in [0.29, 0.717) is 11.8 Å². The highest BCUT2D eigenvalue weighted by atomic mass is 32.2. The van der Waals surface area contributed by atoms with Gasteiger partial charge >= 0.3 is 0 Å². The van der Waals surface area contributed by atoms with Crippen LogP contribution in [0.1, 0.15) is 32.1 Å². The van der Waals surface area contributed by atoms with E-state index >= 15 is 0 Å². The van der Waals surface area contributed by atoms with Crippen molar-refractivity contribution in [2.24, 2.45) is 0 Å². The molecular weight excluding hydrogens is 186 g/mol. The van der Waals surface area contributed by atoms with Crippen LogP contribution in [-0.2, 0) is 11.1 Å². The molecule has 0 aliphatic heterocycles. The molecule has 1 saturated carbocycles. The molecule has 0 amide bonds. The van der Waals surface area contributed by atoms with Crippen LogP contribution in [0, 0.1) is 0 Å². The first-order chi connectivity index (χ1) is 6.20. The van der Waals surface area contributed by atoms with Crippen LogP contribution >= 0.6 is 0 Å². The largest absolute Gasteiger partial charge is 0.772 e. The molecule has 1 fully saturated rings. The summed E-state index contributed by atoms with van der Waals surface area (Å²) in [5.74, 6) is 0.303. The quantitative estimate of drug-likeness (QED) is 0.630. The second kappa shape index (κ2) is 5.73.